The summed E-state index contributed by atoms with van der Waals surface area (Å²) < 4.78 is 4.99. The van der Waals surface area contributed by atoms with Gasteiger partial charge in [-0.1, -0.05) is 12.1 Å². The zero-order valence-corrected chi connectivity index (χ0v) is 13.7. The van der Waals surface area contributed by atoms with E-state index in [4.69, 9.17) is 4.74 Å². The quantitative estimate of drug-likeness (QED) is 0.317. The molecule has 0 bridgehead atoms. The number of non-ortho nitro benzene ring substituents is 1. The number of esters is 1. The van der Waals surface area contributed by atoms with Gasteiger partial charge < -0.3 is 9.64 Å². The molecule has 7 nitrogen and oxygen atoms in total. The lowest BCUT2D eigenvalue weighted by atomic mass is 9.97. The largest absolute Gasteiger partial charge is 0.465 e. The second kappa shape index (κ2) is 8.87. The SMILES string of the molecule is CCOC(=O)C(Cc1cccc([N+](=O)[O-])c1)C(=O)N(CC)CC. The van der Waals surface area contributed by atoms with Crippen molar-refractivity contribution in [3.8, 4) is 0 Å². The van der Waals surface area contributed by atoms with Crippen LogP contribution in [-0.4, -0.2) is 41.4 Å². The second-order valence-corrected chi connectivity index (χ2v) is 4.95. The standard InChI is InChI=1S/C16H22N2O5/c1-4-17(5-2)15(19)14(16(20)23-6-3)11-12-8-7-9-13(10-12)18(21)22/h7-10,14H,4-6,11H2,1-3H3. The minimum Gasteiger partial charge on any atom is -0.465 e. The maximum Gasteiger partial charge on any atom is 0.318 e. The molecule has 0 aliphatic carbocycles. The van der Waals surface area contributed by atoms with E-state index >= 15 is 0 Å². The second-order valence-electron chi connectivity index (χ2n) is 4.95. The third kappa shape index (κ3) is 5.05. The van der Waals surface area contributed by atoms with Crippen LogP contribution in [0.15, 0.2) is 24.3 Å². The molecule has 1 unspecified atom stereocenters. The number of nitro groups is 1. The van der Waals surface area contributed by atoms with Crippen LogP contribution in [0.1, 0.15) is 26.3 Å². The van der Waals surface area contributed by atoms with Gasteiger partial charge in [0.1, 0.15) is 5.92 Å². The number of benzene rings is 1. The lowest BCUT2D eigenvalue weighted by Gasteiger charge is -2.24. The van der Waals surface area contributed by atoms with Gasteiger partial charge in [0.15, 0.2) is 0 Å². The number of nitrogens with zero attached hydrogens (tertiary/aromatic N) is 2. The van der Waals surface area contributed by atoms with Crippen LogP contribution < -0.4 is 0 Å². The van der Waals surface area contributed by atoms with Crippen LogP contribution >= 0.6 is 0 Å². The average molecular weight is 322 g/mol. The molecule has 0 fully saturated rings. The Morgan fingerprint density at radius 2 is 1.91 bits per heavy atom. The Bertz CT molecular complexity index is 569. The number of nitro benzene ring substituents is 1. The zero-order valence-electron chi connectivity index (χ0n) is 13.7. The first-order chi connectivity index (χ1) is 10.9. The first kappa shape index (κ1) is 18.6. The Morgan fingerprint density at radius 3 is 2.43 bits per heavy atom. The molecule has 1 amide bonds. The summed E-state index contributed by atoms with van der Waals surface area (Å²) in [4.78, 5) is 36.6. The van der Waals surface area contributed by atoms with E-state index in [9.17, 15) is 19.7 Å². The van der Waals surface area contributed by atoms with E-state index < -0.39 is 16.8 Å². The summed E-state index contributed by atoms with van der Waals surface area (Å²) in [5, 5.41) is 10.8. The summed E-state index contributed by atoms with van der Waals surface area (Å²) in [6, 6.07) is 5.95. The molecular weight excluding hydrogens is 300 g/mol. The highest BCUT2D eigenvalue weighted by molar-refractivity contribution is 5.98. The highest BCUT2D eigenvalue weighted by Gasteiger charge is 2.31. The van der Waals surface area contributed by atoms with Crippen molar-refractivity contribution in [2.75, 3.05) is 19.7 Å². The Morgan fingerprint density at radius 1 is 1.26 bits per heavy atom. The topological polar surface area (TPSA) is 89.7 Å². The van der Waals surface area contributed by atoms with Crippen molar-refractivity contribution in [2.45, 2.75) is 27.2 Å². The maximum absolute atomic E-state index is 12.5. The van der Waals surface area contributed by atoms with Gasteiger partial charge in [0.25, 0.3) is 5.69 Å². The van der Waals surface area contributed by atoms with E-state index in [-0.39, 0.29) is 24.6 Å². The van der Waals surface area contributed by atoms with E-state index in [2.05, 4.69) is 0 Å². The lowest BCUT2D eigenvalue weighted by Crippen LogP contribution is -2.41. The Kier molecular flexibility index (Phi) is 7.18. The van der Waals surface area contributed by atoms with Crippen molar-refractivity contribution in [3.63, 3.8) is 0 Å². The van der Waals surface area contributed by atoms with Crippen molar-refractivity contribution in [2.24, 2.45) is 5.92 Å². The van der Waals surface area contributed by atoms with Gasteiger partial charge in [0.05, 0.1) is 11.5 Å². The molecule has 0 aliphatic rings. The number of carbonyl (C=O) groups excluding carboxylic acids is 2. The fraction of sp³-hybridized carbons (Fsp3) is 0.500. The van der Waals surface area contributed by atoms with Crippen molar-refractivity contribution >= 4 is 17.6 Å². The molecule has 7 heteroatoms. The number of carbonyl (C=O) groups is 2. The van der Waals surface area contributed by atoms with Crippen LogP contribution in [0.5, 0.6) is 0 Å². The highest BCUT2D eigenvalue weighted by atomic mass is 16.6. The molecule has 0 spiro atoms. The van der Waals surface area contributed by atoms with Gasteiger partial charge in [-0.2, -0.15) is 0 Å². The molecule has 23 heavy (non-hydrogen) atoms. The minimum absolute atomic E-state index is 0.0691. The molecule has 1 aromatic rings. The van der Waals surface area contributed by atoms with Crippen LogP contribution in [0.25, 0.3) is 0 Å². The number of ether oxygens (including phenoxy) is 1. The van der Waals surface area contributed by atoms with Crippen LogP contribution in [0, 0.1) is 16.0 Å². The molecule has 1 aromatic carbocycles. The fourth-order valence-corrected chi connectivity index (χ4v) is 2.30. The summed E-state index contributed by atoms with van der Waals surface area (Å²) in [6.45, 7) is 6.48. The van der Waals surface area contributed by atoms with E-state index in [1.807, 2.05) is 13.8 Å². The zero-order chi connectivity index (χ0) is 17.4. The van der Waals surface area contributed by atoms with Crippen molar-refractivity contribution in [3.05, 3.63) is 39.9 Å². The number of hydrogen-bond donors (Lipinski definition) is 0. The first-order valence-corrected chi connectivity index (χ1v) is 7.63. The minimum atomic E-state index is -0.989. The normalized spacial score (nSPS) is 11.6. The van der Waals surface area contributed by atoms with Crippen LogP contribution in [-0.2, 0) is 20.7 Å². The van der Waals surface area contributed by atoms with Gasteiger partial charge in [0.2, 0.25) is 5.91 Å². The van der Waals surface area contributed by atoms with Crippen molar-refractivity contribution in [1.82, 2.24) is 4.90 Å². The lowest BCUT2D eigenvalue weighted by molar-refractivity contribution is -0.384. The van der Waals surface area contributed by atoms with E-state index in [1.54, 1.807) is 17.9 Å². The van der Waals surface area contributed by atoms with Gasteiger partial charge in [-0.15, -0.1) is 0 Å². The fourth-order valence-electron chi connectivity index (χ4n) is 2.30. The summed E-state index contributed by atoms with van der Waals surface area (Å²) >= 11 is 0. The predicted molar refractivity (Wildman–Crippen MR) is 84.9 cm³/mol. The summed E-state index contributed by atoms with van der Waals surface area (Å²) in [6.07, 6.45) is 0.0792. The molecule has 0 heterocycles. The molecule has 126 valence electrons. The van der Waals surface area contributed by atoms with E-state index in [0.717, 1.165) is 0 Å². The average Bonchev–Trinajstić information content (AvgIpc) is 2.54. The molecular formula is C16H22N2O5. The van der Waals surface area contributed by atoms with Crippen molar-refractivity contribution < 1.29 is 19.2 Å². The number of rotatable bonds is 8. The molecule has 0 aromatic heterocycles. The molecule has 0 aliphatic heterocycles. The Labute approximate surface area is 135 Å². The van der Waals surface area contributed by atoms with Gasteiger partial charge in [0, 0.05) is 25.2 Å². The van der Waals surface area contributed by atoms with Gasteiger partial charge in [-0.25, -0.2) is 0 Å². The molecule has 1 atom stereocenters. The Hall–Kier alpha value is -2.44. The van der Waals surface area contributed by atoms with E-state index in [1.165, 1.54) is 18.2 Å². The molecule has 0 saturated carbocycles. The molecule has 0 N–H and O–H groups in total. The molecule has 0 saturated heterocycles. The van der Waals surface area contributed by atoms with Crippen LogP contribution in [0.4, 0.5) is 5.69 Å². The number of hydrogen-bond acceptors (Lipinski definition) is 5. The third-order valence-electron chi connectivity index (χ3n) is 3.51. The van der Waals surface area contributed by atoms with Gasteiger partial charge in [-0.3, -0.25) is 19.7 Å². The summed E-state index contributed by atoms with van der Waals surface area (Å²) in [5.41, 5.74) is 0.484. The first-order valence-electron chi connectivity index (χ1n) is 7.63. The third-order valence-corrected chi connectivity index (χ3v) is 3.51. The van der Waals surface area contributed by atoms with E-state index in [0.29, 0.717) is 18.7 Å². The van der Waals surface area contributed by atoms with Gasteiger partial charge >= 0.3 is 5.97 Å². The maximum atomic E-state index is 12.5. The smallest absolute Gasteiger partial charge is 0.318 e. The summed E-state index contributed by atoms with van der Waals surface area (Å²) in [7, 11) is 0. The van der Waals surface area contributed by atoms with Crippen LogP contribution in [0.2, 0.25) is 0 Å². The monoisotopic (exact) mass is 322 g/mol. The van der Waals surface area contributed by atoms with Gasteiger partial charge in [-0.05, 0) is 32.8 Å². The number of amides is 1. The highest BCUT2D eigenvalue weighted by Crippen LogP contribution is 2.19. The Balaban J connectivity index is 3.05. The predicted octanol–water partition coefficient (Wildman–Crippen LogP) is 2.19. The molecule has 1 rings (SSSR count). The van der Waals surface area contributed by atoms with Crippen LogP contribution in [0.3, 0.4) is 0 Å². The van der Waals surface area contributed by atoms with Crippen molar-refractivity contribution in [1.29, 1.82) is 0 Å². The summed E-state index contributed by atoms with van der Waals surface area (Å²) in [5.74, 6) is -1.91. The molecule has 0 radical (unpaired) electrons.